The Morgan fingerprint density at radius 3 is 2.77 bits per heavy atom. The van der Waals surface area contributed by atoms with Crippen molar-refractivity contribution in [2.24, 2.45) is 10.2 Å². The number of nitrogens with one attached hydrogen (secondary N) is 2. The molecule has 2 aromatic rings. The van der Waals surface area contributed by atoms with Crippen molar-refractivity contribution < 1.29 is 14.0 Å². The number of amides is 2. The summed E-state index contributed by atoms with van der Waals surface area (Å²) in [5.41, 5.74) is 1.19. The zero-order valence-electron chi connectivity index (χ0n) is 13.7. The Labute approximate surface area is 157 Å². The topological polar surface area (TPSA) is 82.9 Å². The number of nitrogens with zero attached hydrogens (tertiary/aromatic N) is 2. The second kappa shape index (κ2) is 8.24. The number of anilines is 1. The van der Waals surface area contributed by atoms with E-state index in [1.807, 2.05) is 24.4 Å². The van der Waals surface area contributed by atoms with Crippen LogP contribution in [-0.2, 0) is 9.59 Å². The predicted octanol–water partition coefficient (Wildman–Crippen LogP) is 3.23. The molecule has 0 aliphatic carbocycles. The molecule has 26 heavy (non-hydrogen) atoms. The standard InChI is InChI=1S/C17H15FN4O2S2/c1-10(13-3-2-8-25-13)21-22-17-20-15(23)9-14(26-17)16(24)19-12-6-4-11(18)5-7-12/h2-8,14H,9H2,1H3,(H,19,24)(H,20,22,23)/b21-10-/t14-/m1/s1. The van der Waals surface area contributed by atoms with Gasteiger partial charge in [0.25, 0.3) is 0 Å². The minimum atomic E-state index is -0.634. The van der Waals surface area contributed by atoms with Crippen LogP contribution >= 0.6 is 23.1 Å². The lowest BCUT2D eigenvalue weighted by atomic mass is 10.2. The summed E-state index contributed by atoms with van der Waals surface area (Å²) in [7, 11) is 0. The number of hydrogen-bond donors (Lipinski definition) is 2. The van der Waals surface area contributed by atoms with Crippen LogP contribution < -0.4 is 10.6 Å². The maximum absolute atomic E-state index is 12.9. The molecule has 0 spiro atoms. The molecule has 1 fully saturated rings. The summed E-state index contributed by atoms with van der Waals surface area (Å²) in [5.74, 6) is -1.03. The summed E-state index contributed by atoms with van der Waals surface area (Å²) < 4.78 is 12.9. The maximum Gasteiger partial charge on any atom is 0.238 e. The highest BCUT2D eigenvalue weighted by molar-refractivity contribution is 8.15. The fourth-order valence-electron chi connectivity index (χ4n) is 2.15. The average molecular weight is 390 g/mol. The molecule has 1 aromatic carbocycles. The highest BCUT2D eigenvalue weighted by atomic mass is 32.2. The van der Waals surface area contributed by atoms with E-state index in [2.05, 4.69) is 20.8 Å². The van der Waals surface area contributed by atoms with E-state index in [9.17, 15) is 14.0 Å². The molecule has 2 N–H and O–H groups in total. The molecular weight excluding hydrogens is 375 g/mol. The normalized spacial score (nSPS) is 19.3. The lowest BCUT2D eigenvalue weighted by Gasteiger charge is -2.21. The Kier molecular flexibility index (Phi) is 5.79. The van der Waals surface area contributed by atoms with Crippen molar-refractivity contribution in [3.05, 3.63) is 52.5 Å². The quantitative estimate of drug-likeness (QED) is 0.621. The molecule has 134 valence electrons. The van der Waals surface area contributed by atoms with Crippen molar-refractivity contribution in [3.63, 3.8) is 0 Å². The van der Waals surface area contributed by atoms with Gasteiger partial charge in [-0.1, -0.05) is 17.8 Å². The molecule has 6 nitrogen and oxygen atoms in total. The van der Waals surface area contributed by atoms with E-state index in [1.165, 1.54) is 24.3 Å². The molecule has 3 rings (SSSR count). The summed E-state index contributed by atoms with van der Waals surface area (Å²) in [6.07, 6.45) is 0.0321. The number of halogens is 1. The zero-order chi connectivity index (χ0) is 18.5. The Morgan fingerprint density at radius 1 is 1.31 bits per heavy atom. The van der Waals surface area contributed by atoms with Crippen molar-refractivity contribution in [2.45, 2.75) is 18.6 Å². The molecule has 1 aromatic heterocycles. The smallest absolute Gasteiger partial charge is 0.238 e. The van der Waals surface area contributed by atoms with Crippen LogP contribution in [0.4, 0.5) is 10.1 Å². The molecule has 9 heteroatoms. The van der Waals surface area contributed by atoms with Crippen molar-refractivity contribution >= 4 is 51.5 Å². The number of hydrogen-bond acceptors (Lipinski definition) is 6. The summed E-state index contributed by atoms with van der Waals surface area (Å²) in [6.45, 7) is 1.82. The Bertz CT molecular complexity index is 863. The van der Waals surface area contributed by atoms with Crippen LogP contribution in [0.1, 0.15) is 18.2 Å². The van der Waals surface area contributed by atoms with E-state index in [4.69, 9.17) is 0 Å². The molecule has 0 bridgehead atoms. The second-order valence-electron chi connectivity index (χ2n) is 5.42. The molecule has 2 heterocycles. The number of carbonyl (C=O) groups is 2. The fraction of sp³-hybridized carbons (Fsp3) is 0.176. The fourth-order valence-corrected chi connectivity index (χ4v) is 3.75. The molecule has 1 aliphatic rings. The average Bonchev–Trinajstić information content (AvgIpc) is 3.16. The molecule has 2 amide bonds. The first kappa shape index (κ1) is 18.3. The van der Waals surface area contributed by atoms with E-state index in [0.717, 1.165) is 22.4 Å². The number of amidine groups is 1. The maximum atomic E-state index is 12.9. The lowest BCUT2D eigenvalue weighted by molar-refractivity contribution is -0.123. The van der Waals surface area contributed by atoms with E-state index < -0.39 is 5.25 Å². The Morgan fingerprint density at radius 2 is 2.08 bits per heavy atom. The monoisotopic (exact) mass is 390 g/mol. The van der Waals surface area contributed by atoms with E-state index in [-0.39, 0.29) is 29.2 Å². The summed E-state index contributed by atoms with van der Waals surface area (Å²) in [6, 6.07) is 9.28. The van der Waals surface area contributed by atoms with Crippen LogP contribution in [-0.4, -0.2) is 27.9 Å². The Hall–Kier alpha value is -2.52. The SMILES string of the molecule is C/C(=N/N=C1\NC(=O)C[C@H](C(=O)Nc2ccc(F)cc2)S1)c1cccs1. The van der Waals surface area contributed by atoms with Gasteiger partial charge in [-0.3, -0.25) is 9.59 Å². The van der Waals surface area contributed by atoms with Crippen LogP contribution in [0.5, 0.6) is 0 Å². The minimum Gasteiger partial charge on any atom is -0.325 e. The lowest BCUT2D eigenvalue weighted by Crippen LogP contribution is -2.41. The summed E-state index contributed by atoms with van der Waals surface area (Å²) in [4.78, 5) is 25.2. The van der Waals surface area contributed by atoms with E-state index >= 15 is 0 Å². The van der Waals surface area contributed by atoms with Crippen LogP contribution in [0.25, 0.3) is 0 Å². The number of rotatable bonds is 4. The largest absolute Gasteiger partial charge is 0.325 e. The van der Waals surface area contributed by atoms with Crippen molar-refractivity contribution in [3.8, 4) is 0 Å². The van der Waals surface area contributed by atoms with Gasteiger partial charge in [-0.2, -0.15) is 5.10 Å². The minimum absolute atomic E-state index is 0.0321. The van der Waals surface area contributed by atoms with Gasteiger partial charge in [0.05, 0.1) is 10.6 Å². The third kappa shape index (κ3) is 4.77. The van der Waals surface area contributed by atoms with Gasteiger partial charge in [0.2, 0.25) is 11.8 Å². The Balaban J connectivity index is 1.68. The van der Waals surface area contributed by atoms with Gasteiger partial charge in [0.15, 0.2) is 5.17 Å². The van der Waals surface area contributed by atoms with Crippen molar-refractivity contribution in [1.29, 1.82) is 0 Å². The number of benzene rings is 1. The van der Waals surface area contributed by atoms with Crippen molar-refractivity contribution in [1.82, 2.24) is 5.32 Å². The molecule has 1 saturated heterocycles. The second-order valence-corrected chi connectivity index (χ2v) is 7.56. The predicted molar refractivity (Wildman–Crippen MR) is 103 cm³/mol. The van der Waals surface area contributed by atoms with Gasteiger partial charge >= 0.3 is 0 Å². The van der Waals surface area contributed by atoms with Gasteiger partial charge in [0, 0.05) is 12.1 Å². The van der Waals surface area contributed by atoms with Gasteiger partial charge in [-0.15, -0.1) is 16.4 Å². The number of thiophene rings is 1. The van der Waals surface area contributed by atoms with Crippen LogP contribution in [0, 0.1) is 5.82 Å². The highest BCUT2D eigenvalue weighted by Gasteiger charge is 2.30. The third-order valence-corrected chi connectivity index (χ3v) is 5.49. The summed E-state index contributed by atoms with van der Waals surface area (Å²) >= 11 is 2.67. The van der Waals surface area contributed by atoms with Gasteiger partial charge < -0.3 is 10.6 Å². The summed E-state index contributed by atoms with van der Waals surface area (Å²) in [5, 5.41) is 15.0. The molecule has 0 saturated carbocycles. The number of carbonyl (C=O) groups excluding carboxylic acids is 2. The molecule has 0 radical (unpaired) electrons. The first-order valence-corrected chi connectivity index (χ1v) is 9.46. The first-order valence-electron chi connectivity index (χ1n) is 7.70. The van der Waals surface area contributed by atoms with Crippen LogP contribution in [0.2, 0.25) is 0 Å². The van der Waals surface area contributed by atoms with Crippen LogP contribution in [0.15, 0.2) is 52.0 Å². The number of thioether (sulfide) groups is 1. The van der Waals surface area contributed by atoms with Gasteiger partial charge in [-0.05, 0) is 42.6 Å². The molecular formula is C17H15FN4O2S2. The molecule has 1 atom stereocenters. The third-order valence-electron chi connectivity index (χ3n) is 3.44. The molecule has 1 aliphatic heterocycles. The van der Waals surface area contributed by atoms with E-state index in [0.29, 0.717) is 5.69 Å². The van der Waals surface area contributed by atoms with E-state index in [1.54, 1.807) is 11.3 Å². The highest BCUT2D eigenvalue weighted by Crippen LogP contribution is 2.23. The van der Waals surface area contributed by atoms with Gasteiger partial charge in [0.1, 0.15) is 11.1 Å². The van der Waals surface area contributed by atoms with Gasteiger partial charge in [-0.25, -0.2) is 4.39 Å². The first-order chi connectivity index (χ1) is 12.5. The molecule has 0 unspecified atom stereocenters. The van der Waals surface area contributed by atoms with Crippen molar-refractivity contribution in [2.75, 3.05) is 5.32 Å². The zero-order valence-corrected chi connectivity index (χ0v) is 15.4. The van der Waals surface area contributed by atoms with Crippen LogP contribution in [0.3, 0.4) is 0 Å².